The first-order valence-electron chi connectivity index (χ1n) is 10.8. The van der Waals surface area contributed by atoms with Crippen molar-refractivity contribution in [3.05, 3.63) is 58.6 Å². The Morgan fingerprint density at radius 2 is 1.88 bits per heavy atom. The summed E-state index contributed by atoms with van der Waals surface area (Å²) in [5, 5.41) is 17.7. The van der Waals surface area contributed by atoms with Gasteiger partial charge in [-0.25, -0.2) is 5.10 Å². The fourth-order valence-electron chi connectivity index (χ4n) is 4.35. The zero-order valence-electron chi connectivity index (χ0n) is 17.5. The van der Waals surface area contributed by atoms with E-state index < -0.39 is 5.41 Å². The van der Waals surface area contributed by atoms with Gasteiger partial charge in [0, 0.05) is 29.4 Å². The second-order valence-corrected chi connectivity index (χ2v) is 8.85. The minimum atomic E-state index is -0.568. The zero-order valence-corrected chi connectivity index (χ0v) is 18.2. The molecule has 1 saturated heterocycles. The Hall–Kier alpha value is -3.26. The minimum Gasteiger partial charge on any atom is -0.339 e. The Morgan fingerprint density at radius 1 is 1.06 bits per heavy atom. The maximum atomic E-state index is 13.2. The average Bonchev–Trinajstić information content (AvgIpc) is 3.46. The number of hydrogen-bond donors (Lipinski definition) is 2. The molecule has 1 aliphatic heterocycles. The molecule has 3 aromatic rings. The summed E-state index contributed by atoms with van der Waals surface area (Å²) in [6, 6.07) is 12.7. The van der Waals surface area contributed by atoms with Crippen LogP contribution in [-0.2, 0) is 10.2 Å². The quantitative estimate of drug-likeness (QED) is 0.615. The third kappa shape index (κ3) is 3.86. The van der Waals surface area contributed by atoms with Gasteiger partial charge < -0.3 is 10.2 Å². The molecule has 5 rings (SSSR count). The van der Waals surface area contributed by atoms with Crippen LogP contribution in [0.4, 0.5) is 5.69 Å². The molecule has 2 fully saturated rings. The molecule has 1 saturated carbocycles. The summed E-state index contributed by atoms with van der Waals surface area (Å²) in [7, 11) is 0. The van der Waals surface area contributed by atoms with Crippen LogP contribution >= 0.6 is 11.6 Å². The molecular weight excluding hydrogens is 428 g/mol. The highest BCUT2D eigenvalue weighted by Crippen LogP contribution is 2.49. The standard InChI is InChI=1S/C23H23ClN6O2/c24-16-6-4-5-15(13-16)23(9-10-23)22(32)25-17-7-8-18(19(14-17)20-26-28-29-27-20)21(31)30-11-2-1-3-12-30/h4-8,13-14H,1-3,9-12H2,(H,25,32)(H,26,27,28,29). The molecule has 0 unspecified atom stereocenters. The number of carbonyl (C=O) groups is 2. The van der Waals surface area contributed by atoms with Crippen molar-refractivity contribution in [2.24, 2.45) is 0 Å². The Morgan fingerprint density at radius 3 is 2.56 bits per heavy atom. The van der Waals surface area contributed by atoms with Gasteiger partial charge in [-0.05, 0) is 78.4 Å². The highest BCUT2D eigenvalue weighted by atomic mass is 35.5. The number of aromatic nitrogens is 4. The fourth-order valence-corrected chi connectivity index (χ4v) is 4.54. The largest absolute Gasteiger partial charge is 0.339 e. The van der Waals surface area contributed by atoms with Crippen molar-refractivity contribution in [1.29, 1.82) is 0 Å². The number of benzene rings is 2. The predicted molar refractivity (Wildman–Crippen MR) is 120 cm³/mol. The number of rotatable bonds is 5. The molecule has 32 heavy (non-hydrogen) atoms. The molecule has 0 atom stereocenters. The van der Waals surface area contributed by atoms with E-state index in [1.165, 1.54) is 0 Å². The predicted octanol–water partition coefficient (Wildman–Crippen LogP) is 3.82. The first kappa shape index (κ1) is 20.6. The van der Waals surface area contributed by atoms with Gasteiger partial charge in [0.25, 0.3) is 5.91 Å². The summed E-state index contributed by atoms with van der Waals surface area (Å²) < 4.78 is 0. The van der Waals surface area contributed by atoms with E-state index >= 15 is 0 Å². The second kappa shape index (κ2) is 8.35. The van der Waals surface area contributed by atoms with Crippen LogP contribution in [0.5, 0.6) is 0 Å². The van der Waals surface area contributed by atoms with Crippen molar-refractivity contribution < 1.29 is 9.59 Å². The number of H-pyrrole nitrogens is 1. The van der Waals surface area contributed by atoms with Crippen LogP contribution in [0, 0.1) is 0 Å². The van der Waals surface area contributed by atoms with E-state index in [9.17, 15) is 9.59 Å². The van der Waals surface area contributed by atoms with Crippen LogP contribution < -0.4 is 5.32 Å². The lowest BCUT2D eigenvalue weighted by molar-refractivity contribution is -0.118. The van der Waals surface area contributed by atoms with Gasteiger partial charge in [0.2, 0.25) is 5.91 Å². The smallest absolute Gasteiger partial charge is 0.254 e. The monoisotopic (exact) mass is 450 g/mol. The van der Waals surface area contributed by atoms with Crippen LogP contribution in [0.15, 0.2) is 42.5 Å². The maximum Gasteiger partial charge on any atom is 0.254 e. The number of hydrogen-bond acceptors (Lipinski definition) is 5. The van der Waals surface area contributed by atoms with Crippen molar-refractivity contribution in [2.75, 3.05) is 18.4 Å². The van der Waals surface area contributed by atoms with E-state index in [-0.39, 0.29) is 11.8 Å². The van der Waals surface area contributed by atoms with E-state index in [2.05, 4.69) is 25.9 Å². The Bertz CT molecular complexity index is 1150. The normalized spacial score (nSPS) is 17.1. The summed E-state index contributed by atoms with van der Waals surface area (Å²) in [5.41, 5.74) is 2.01. The van der Waals surface area contributed by atoms with Crippen molar-refractivity contribution in [2.45, 2.75) is 37.5 Å². The van der Waals surface area contributed by atoms with Crippen molar-refractivity contribution in [3.63, 3.8) is 0 Å². The van der Waals surface area contributed by atoms with E-state index in [0.717, 1.165) is 50.8 Å². The van der Waals surface area contributed by atoms with Crippen LogP contribution in [0.3, 0.4) is 0 Å². The Labute approximate surface area is 190 Å². The van der Waals surface area contributed by atoms with Gasteiger partial charge in [0.1, 0.15) is 0 Å². The lowest BCUT2D eigenvalue weighted by atomic mass is 9.94. The number of tetrazole rings is 1. The van der Waals surface area contributed by atoms with Crippen LogP contribution in [0.25, 0.3) is 11.4 Å². The number of aromatic amines is 1. The highest BCUT2D eigenvalue weighted by Gasteiger charge is 2.51. The fraction of sp³-hybridized carbons (Fsp3) is 0.348. The second-order valence-electron chi connectivity index (χ2n) is 8.41. The number of halogens is 1. The first-order chi connectivity index (χ1) is 15.6. The van der Waals surface area contributed by atoms with Crippen LogP contribution in [-0.4, -0.2) is 50.4 Å². The molecule has 1 aliphatic carbocycles. The molecular formula is C23H23ClN6O2. The average molecular weight is 451 g/mol. The number of anilines is 1. The van der Waals surface area contributed by atoms with E-state index in [4.69, 9.17) is 11.6 Å². The lowest BCUT2D eigenvalue weighted by Crippen LogP contribution is -2.36. The minimum absolute atomic E-state index is 0.0495. The molecule has 0 bridgehead atoms. The van der Waals surface area contributed by atoms with Crippen LogP contribution in [0.1, 0.15) is 48.0 Å². The summed E-state index contributed by atoms with van der Waals surface area (Å²) >= 11 is 6.14. The van der Waals surface area contributed by atoms with Gasteiger partial charge in [-0.15, -0.1) is 5.10 Å². The van der Waals surface area contributed by atoms with E-state index in [1.54, 1.807) is 24.3 Å². The lowest BCUT2D eigenvalue weighted by Gasteiger charge is -2.27. The van der Waals surface area contributed by atoms with Gasteiger partial charge in [0.05, 0.1) is 11.0 Å². The van der Waals surface area contributed by atoms with Gasteiger partial charge >= 0.3 is 0 Å². The molecule has 2 N–H and O–H groups in total. The molecule has 2 amide bonds. The SMILES string of the molecule is O=C(c1ccc(NC(=O)C2(c3cccc(Cl)c3)CC2)cc1-c1nnn[nH]1)N1CCCCC1. The highest BCUT2D eigenvalue weighted by molar-refractivity contribution is 6.30. The third-order valence-electron chi connectivity index (χ3n) is 6.31. The van der Waals surface area contributed by atoms with E-state index in [0.29, 0.717) is 27.7 Å². The Kier molecular flexibility index (Phi) is 5.38. The Balaban J connectivity index is 1.43. The van der Waals surface area contributed by atoms with E-state index in [1.807, 2.05) is 23.1 Å². The number of nitrogens with one attached hydrogen (secondary N) is 2. The maximum absolute atomic E-state index is 13.2. The zero-order chi connectivity index (χ0) is 22.1. The molecule has 0 radical (unpaired) electrons. The molecule has 2 aromatic carbocycles. The molecule has 8 nitrogen and oxygen atoms in total. The van der Waals surface area contributed by atoms with Gasteiger partial charge in [0.15, 0.2) is 5.82 Å². The first-order valence-corrected chi connectivity index (χ1v) is 11.2. The van der Waals surface area contributed by atoms with Crippen molar-refractivity contribution in [3.8, 4) is 11.4 Å². The molecule has 164 valence electrons. The number of piperidine rings is 1. The van der Waals surface area contributed by atoms with Gasteiger partial charge in [-0.1, -0.05) is 23.7 Å². The van der Waals surface area contributed by atoms with Crippen molar-refractivity contribution >= 4 is 29.1 Å². The molecule has 1 aromatic heterocycles. The summed E-state index contributed by atoms with van der Waals surface area (Å²) in [6.07, 6.45) is 4.69. The number of likely N-dealkylation sites (tertiary alicyclic amines) is 1. The van der Waals surface area contributed by atoms with Gasteiger partial charge in [-0.3, -0.25) is 9.59 Å². The van der Waals surface area contributed by atoms with Crippen molar-refractivity contribution in [1.82, 2.24) is 25.5 Å². The number of nitrogens with zero attached hydrogens (tertiary/aromatic N) is 4. The van der Waals surface area contributed by atoms with Gasteiger partial charge in [-0.2, -0.15) is 0 Å². The molecule has 9 heteroatoms. The summed E-state index contributed by atoms with van der Waals surface area (Å²) in [5.74, 6) is 0.250. The molecule has 0 spiro atoms. The summed E-state index contributed by atoms with van der Waals surface area (Å²) in [6.45, 7) is 1.49. The third-order valence-corrected chi connectivity index (χ3v) is 6.55. The number of carbonyl (C=O) groups excluding carboxylic acids is 2. The molecule has 2 aliphatic rings. The number of amides is 2. The molecule has 2 heterocycles. The topological polar surface area (TPSA) is 104 Å². The van der Waals surface area contributed by atoms with Crippen LogP contribution in [0.2, 0.25) is 5.02 Å². The summed E-state index contributed by atoms with van der Waals surface area (Å²) in [4.78, 5) is 28.2.